The molecule has 7 heteroatoms. The van der Waals surface area contributed by atoms with Gasteiger partial charge in [0.1, 0.15) is 4.99 Å². The van der Waals surface area contributed by atoms with E-state index in [1.807, 2.05) is 17.5 Å². The summed E-state index contributed by atoms with van der Waals surface area (Å²) in [6.07, 6.45) is 14.2. The van der Waals surface area contributed by atoms with Crippen LogP contribution in [0.2, 0.25) is 0 Å². The van der Waals surface area contributed by atoms with E-state index >= 15 is 0 Å². The molecule has 146 valence electrons. The first kappa shape index (κ1) is 26.4. The summed E-state index contributed by atoms with van der Waals surface area (Å²) in [6, 6.07) is 3.01. The summed E-state index contributed by atoms with van der Waals surface area (Å²) in [4.78, 5) is 10.5. The molecular formula is C18H35N3OS3. The molecule has 1 aromatic rings. The second-order valence-corrected chi connectivity index (χ2v) is 7.48. The van der Waals surface area contributed by atoms with Gasteiger partial charge in [-0.2, -0.15) is 12.6 Å². The summed E-state index contributed by atoms with van der Waals surface area (Å²) in [7, 11) is 0. The van der Waals surface area contributed by atoms with Gasteiger partial charge in [0.05, 0.1) is 4.88 Å². The fraction of sp³-hybridized carbons (Fsp3) is 0.667. The predicted octanol–water partition coefficient (Wildman–Crippen LogP) is 5.24. The molecule has 0 bridgehead atoms. The summed E-state index contributed by atoms with van der Waals surface area (Å²) in [5, 5.41) is 1.95. The van der Waals surface area contributed by atoms with E-state index < -0.39 is 6.03 Å². The zero-order chi connectivity index (χ0) is 19.3. The molecule has 0 saturated heterocycles. The van der Waals surface area contributed by atoms with Gasteiger partial charge in [-0.15, -0.1) is 11.3 Å². The number of amides is 2. The second-order valence-electron chi connectivity index (χ2n) is 5.65. The molecule has 0 fully saturated rings. The Morgan fingerprint density at radius 2 is 1.44 bits per heavy atom. The number of carbonyl (C=O) groups is 1. The van der Waals surface area contributed by atoms with E-state index in [0.717, 1.165) is 10.6 Å². The van der Waals surface area contributed by atoms with E-state index in [2.05, 4.69) is 31.0 Å². The summed E-state index contributed by atoms with van der Waals surface area (Å²) < 4.78 is 0. The van der Waals surface area contributed by atoms with Crippen LogP contribution in [0.1, 0.15) is 76.0 Å². The lowest BCUT2D eigenvalue weighted by Gasteiger charge is -2.00. The van der Waals surface area contributed by atoms with Crippen LogP contribution in [-0.2, 0) is 0 Å². The molecule has 25 heavy (non-hydrogen) atoms. The number of thiophene rings is 1. The average Bonchev–Trinajstić information content (AvgIpc) is 3.08. The highest BCUT2D eigenvalue weighted by Crippen LogP contribution is 2.10. The maximum atomic E-state index is 9.00. The molecule has 0 radical (unpaired) electrons. The average molecular weight is 406 g/mol. The van der Waals surface area contributed by atoms with Gasteiger partial charge in [0.2, 0.25) is 0 Å². The van der Waals surface area contributed by atoms with Gasteiger partial charge >= 0.3 is 6.03 Å². The van der Waals surface area contributed by atoms with E-state index in [1.54, 1.807) is 11.3 Å². The van der Waals surface area contributed by atoms with Crippen molar-refractivity contribution in [2.24, 2.45) is 17.2 Å². The Morgan fingerprint density at radius 1 is 1.00 bits per heavy atom. The van der Waals surface area contributed by atoms with Crippen molar-refractivity contribution >= 4 is 47.2 Å². The highest BCUT2D eigenvalue weighted by Gasteiger charge is 1.92. The van der Waals surface area contributed by atoms with E-state index in [4.69, 9.17) is 22.7 Å². The lowest BCUT2D eigenvalue weighted by molar-refractivity contribution is 0.256. The third-order valence-corrected chi connectivity index (χ3v) is 4.84. The molecule has 0 aliphatic rings. The molecule has 6 N–H and O–H groups in total. The van der Waals surface area contributed by atoms with Crippen molar-refractivity contribution in [2.45, 2.75) is 71.1 Å². The number of thiocarbonyl (C=S) groups is 1. The van der Waals surface area contributed by atoms with Crippen molar-refractivity contribution < 1.29 is 4.79 Å². The summed E-state index contributed by atoms with van der Waals surface area (Å²) in [5.41, 5.74) is 13.8. The molecule has 0 aliphatic heterocycles. The van der Waals surface area contributed by atoms with Crippen LogP contribution in [0, 0.1) is 0 Å². The van der Waals surface area contributed by atoms with Gasteiger partial charge in [-0.05, 0) is 23.6 Å². The minimum Gasteiger partial charge on any atom is -0.389 e. The molecule has 1 rings (SSSR count). The number of hydrogen-bond donors (Lipinski definition) is 4. The van der Waals surface area contributed by atoms with Crippen LogP contribution in [0.5, 0.6) is 0 Å². The van der Waals surface area contributed by atoms with Crippen molar-refractivity contribution in [2.75, 3.05) is 5.75 Å². The number of nitrogens with two attached hydrogens (primary N) is 3. The first-order valence-corrected chi connectivity index (χ1v) is 10.9. The van der Waals surface area contributed by atoms with Gasteiger partial charge in [0, 0.05) is 0 Å². The predicted molar refractivity (Wildman–Crippen MR) is 120 cm³/mol. The number of primary amides is 2. The normalized spacial score (nSPS) is 9.36. The number of hydrogen-bond acceptors (Lipinski definition) is 4. The quantitative estimate of drug-likeness (QED) is 0.230. The number of thiol groups is 1. The number of carbonyl (C=O) groups excluding carboxylic acids is 1. The second kappa shape index (κ2) is 21.3. The van der Waals surface area contributed by atoms with Gasteiger partial charge in [0.15, 0.2) is 0 Å². The minimum atomic E-state index is -0.833. The number of unbranched alkanes of at least 4 members (excludes halogenated alkanes) is 9. The topological polar surface area (TPSA) is 95.1 Å². The Labute approximate surface area is 168 Å². The first-order chi connectivity index (χ1) is 12.0. The van der Waals surface area contributed by atoms with E-state index in [0.29, 0.717) is 4.99 Å². The van der Waals surface area contributed by atoms with E-state index in [9.17, 15) is 0 Å². The SMILES string of the molecule is CCCCCCCCCCCCS.NC(=S)c1cccs1.NC(N)=O. The molecule has 0 spiro atoms. The van der Waals surface area contributed by atoms with Crippen molar-refractivity contribution in [1.82, 2.24) is 0 Å². The monoisotopic (exact) mass is 405 g/mol. The Morgan fingerprint density at radius 3 is 1.72 bits per heavy atom. The van der Waals surface area contributed by atoms with Crippen LogP contribution in [0.4, 0.5) is 4.79 Å². The third kappa shape index (κ3) is 25.6. The Balaban J connectivity index is 0. The molecule has 1 heterocycles. The van der Waals surface area contributed by atoms with Gasteiger partial charge in [-0.1, -0.05) is 83.0 Å². The van der Waals surface area contributed by atoms with Crippen LogP contribution >= 0.6 is 36.2 Å². The lowest BCUT2D eigenvalue weighted by atomic mass is 10.1. The van der Waals surface area contributed by atoms with Gasteiger partial charge in [-0.3, -0.25) is 0 Å². The Hall–Kier alpha value is -0.790. The summed E-state index contributed by atoms with van der Waals surface area (Å²) in [5.74, 6) is 1.07. The standard InChI is InChI=1S/C12H26S.C5H5NS2.CH4N2O/c1-2-3-4-5-6-7-8-9-10-11-12-13;6-5(7)4-2-1-3-8-4;2-1(3)4/h13H,2-12H2,1H3;1-3H,(H2,6,7);(H4,2,3,4). The maximum absolute atomic E-state index is 9.00. The van der Waals surface area contributed by atoms with E-state index in [1.165, 1.54) is 64.2 Å². The summed E-state index contributed by atoms with van der Waals surface area (Å²) >= 11 is 10.5. The smallest absolute Gasteiger partial charge is 0.309 e. The first-order valence-electron chi connectivity index (χ1n) is 8.94. The maximum Gasteiger partial charge on any atom is 0.309 e. The molecule has 0 aromatic carbocycles. The highest BCUT2D eigenvalue weighted by atomic mass is 32.1. The fourth-order valence-electron chi connectivity index (χ4n) is 2.02. The lowest BCUT2D eigenvalue weighted by Crippen LogP contribution is -2.18. The van der Waals surface area contributed by atoms with Crippen LogP contribution in [0.15, 0.2) is 17.5 Å². The highest BCUT2D eigenvalue weighted by molar-refractivity contribution is 7.81. The zero-order valence-electron chi connectivity index (χ0n) is 15.4. The molecule has 2 amide bonds. The summed E-state index contributed by atoms with van der Waals surface area (Å²) in [6.45, 7) is 2.28. The van der Waals surface area contributed by atoms with E-state index in [-0.39, 0.29) is 0 Å². The van der Waals surface area contributed by atoms with Crippen LogP contribution < -0.4 is 17.2 Å². The Kier molecular flexibility index (Phi) is 22.5. The molecule has 0 atom stereocenters. The fourth-order valence-corrected chi connectivity index (χ4v) is 3.03. The molecule has 4 nitrogen and oxygen atoms in total. The minimum absolute atomic E-state index is 0.486. The van der Waals surface area contributed by atoms with Gasteiger partial charge in [0.25, 0.3) is 0 Å². The van der Waals surface area contributed by atoms with Gasteiger partial charge in [-0.25, -0.2) is 4.79 Å². The number of rotatable bonds is 11. The molecular weight excluding hydrogens is 370 g/mol. The van der Waals surface area contributed by atoms with Crippen molar-refractivity contribution in [3.8, 4) is 0 Å². The molecule has 0 unspecified atom stereocenters. The van der Waals surface area contributed by atoms with Crippen molar-refractivity contribution in [3.63, 3.8) is 0 Å². The zero-order valence-corrected chi connectivity index (χ0v) is 17.9. The molecule has 1 aromatic heterocycles. The van der Waals surface area contributed by atoms with Crippen LogP contribution in [0.3, 0.4) is 0 Å². The van der Waals surface area contributed by atoms with Gasteiger partial charge < -0.3 is 17.2 Å². The molecule has 0 saturated carbocycles. The van der Waals surface area contributed by atoms with Crippen molar-refractivity contribution in [3.05, 3.63) is 22.4 Å². The van der Waals surface area contributed by atoms with Crippen molar-refractivity contribution in [1.29, 1.82) is 0 Å². The largest absolute Gasteiger partial charge is 0.389 e. The third-order valence-electron chi connectivity index (χ3n) is 3.28. The Bertz CT molecular complexity index is 398. The van der Waals surface area contributed by atoms with Crippen LogP contribution in [0.25, 0.3) is 0 Å². The number of urea groups is 1. The molecule has 0 aliphatic carbocycles. The van der Waals surface area contributed by atoms with Crippen LogP contribution in [-0.4, -0.2) is 16.8 Å².